The number of benzene rings is 1. The molecule has 0 radical (unpaired) electrons. The fourth-order valence-electron chi connectivity index (χ4n) is 1.90. The number of nitrogens with one attached hydrogen (secondary N) is 1. The molecule has 0 fully saturated rings. The molecule has 2 rings (SSSR count). The van der Waals surface area contributed by atoms with Crippen LogP contribution < -0.4 is 10.1 Å². The van der Waals surface area contributed by atoms with E-state index in [1.54, 1.807) is 12.3 Å². The largest absolute Gasteiger partial charge is 0.481 e. The Labute approximate surface area is 122 Å². The minimum Gasteiger partial charge on any atom is -0.481 e. The minimum atomic E-state index is -0.850. The Hall–Kier alpha value is -2.63. The molecule has 0 amide bonds. The number of nitrogens with zero attached hydrogens (tertiary/aromatic N) is 2. The highest BCUT2D eigenvalue weighted by molar-refractivity contribution is 5.70. The molecule has 0 saturated heterocycles. The molecule has 2 aromatic rings. The van der Waals surface area contributed by atoms with E-state index in [1.807, 2.05) is 31.2 Å². The van der Waals surface area contributed by atoms with Crippen LogP contribution in [0.15, 0.2) is 36.5 Å². The van der Waals surface area contributed by atoms with Gasteiger partial charge in [-0.3, -0.25) is 4.79 Å². The molecule has 1 aromatic carbocycles. The summed E-state index contributed by atoms with van der Waals surface area (Å²) in [5, 5.41) is 12.0. The number of hydrogen-bond donors (Lipinski definition) is 2. The van der Waals surface area contributed by atoms with Crippen LogP contribution in [0.2, 0.25) is 0 Å². The maximum Gasteiger partial charge on any atom is 0.307 e. The van der Waals surface area contributed by atoms with Crippen molar-refractivity contribution in [3.8, 4) is 5.88 Å². The normalized spacial score (nSPS) is 10.1. The Morgan fingerprint density at radius 1 is 1.29 bits per heavy atom. The van der Waals surface area contributed by atoms with Crippen molar-refractivity contribution in [3.63, 3.8) is 0 Å². The van der Waals surface area contributed by atoms with Crippen LogP contribution in [0.25, 0.3) is 0 Å². The quantitative estimate of drug-likeness (QED) is 0.811. The average Bonchev–Trinajstić information content (AvgIpc) is 2.47. The highest BCUT2D eigenvalue weighted by Crippen LogP contribution is 2.13. The van der Waals surface area contributed by atoms with E-state index in [0.717, 1.165) is 11.1 Å². The number of carboxylic acids is 1. The van der Waals surface area contributed by atoms with Gasteiger partial charge in [0.05, 0.1) is 13.0 Å². The van der Waals surface area contributed by atoms with E-state index in [-0.39, 0.29) is 6.42 Å². The molecule has 2 N–H and O–H groups in total. The Kier molecular flexibility index (Phi) is 5.09. The number of hydrogen-bond acceptors (Lipinski definition) is 5. The van der Waals surface area contributed by atoms with Crippen molar-refractivity contribution >= 4 is 11.9 Å². The first-order chi connectivity index (χ1) is 10.2. The third-order valence-electron chi connectivity index (χ3n) is 2.82. The lowest BCUT2D eigenvalue weighted by molar-refractivity contribution is -0.136. The third kappa shape index (κ3) is 4.45. The maximum atomic E-state index is 10.9. The first-order valence-corrected chi connectivity index (χ1v) is 6.67. The SMILES string of the molecule is CCOc1ccnc(NCc2ccccc2CC(=O)O)n1. The van der Waals surface area contributed by atoms with Crippen LogP contribution in [0.1, 0.15) is 18.1 Å². The van der Waals surface area contributed by atoms with Crippen molar-refractivity contribution in [2.45, 2.75) is 19.9 Å². The highest BCUT2D eigenvalue weighted by atomic mass is 16.5. The number of aromatic nitrogens is 2. The van der Waals surface area contributed by atoms with Gasteiger partial charge in [0.1, 0.15) is 0 Å². The summed E-state index contributed by atoms with van der Waals surface area (Å²) in [5.74, 6) is 0.108. The van der Waals surface area contributed by atoms with E-state index in [2.05, 4.69) is 15.3 Å². The second kappa shape index (κ2) is 7.23. The van der Waals surface area contributed by atoms with Gasteiger partial charge in [-0.25, -0.2) is 4.98 Å². The molecule has 0 bridgehead atoms. The Morgan fingerprint density at radius 3 is 2.76 bits per heavy atom. The van der Waals surface area contributed by atoms with Crippen LogP contribution in [0, 0.1) is 0 Å². The zero-order chi connectivity index (χ0) is 15.1. The average molecular weight is 287 g/mol. The summed E-state index contributed by atoms with van der Waals surface area (Å²) in [7, 11) is 0. The van der Waals surface area contributed by atoms with Crippen LogP contribution in [0.3, 0.4) is 0 Å². The Morgan fingerprint density at radius 2 is 2.05 bits per heavy atom. The van der Waals surface area contributed by atoms with Crippen LogP contribution >= 0.6 is 0 Å². The highest BCUT2D eigenvalue weighted by Gasteiger charge is 2.07. The smallest absolute Gasteiger partial charge is 0.307 e. The second-order valence-corrected chi connectivity index (χ2v) is 4.34. The Bertz CT molecular complexity index is 617. The molecule has 0 spiro atoms. The number of ether oxygens (including phenoxy) is 1. The van der Waals surface area contributed by atoms with Gasteiger partial charge in [0.15, 0.2) is 0 Å². The van der Waals surface area contributed by atoms with Gasteiger partial charge in [0.2, 0.25) is 11.8 Å². The summed E-state index contributed by atoms with van der Waals surface area (Å²) in [6.07, 6.45) is 1.61. The summed E-state index contributed by atoms with van der Waals surface area (Å²) in [4.78, 5) is 19.2. The van der Waals surface area contributed by atoms with Crippen LogP contribution in [-0.4, -0.2) is 27.7 Å². The van der Waals surface area contributed by atoms with E-state index < -0.39 is 5.97 Å². The number of carboxylic acid groups (broad SMARTS) is 1. The lowest BCUT2D eigenvalue weighted by Crippen LogP contribution is -2.09. The molecular weight excluding hydrogens is 270 g/mol. The zero-order valence-corrected chi connectivity index (χ0v) is 11.7. The lowest BCUT2D eigenvalue weighted by atomic mass is 10.0. The monoisotopic (exact) mass is 287 g/mol. The molecule has 0 aliphatic carbocycles. The molecule has 0 unspecified atom stereocenters. The standard InChI is InChI=1S/C15H17N3O3/c1-2-21-13-7-8-16-15(18-13)17-10-12-6-4-3-5-11(12)9-14(19)20/h3-8H,2,9-10H2,1H3,(H,19,20)(H,16,17,18). The van der Waals surface area contributed by atoms with Crippen LogP contribution in [0.5, 0.6) is 5.88 Å². The van der Waals surface area contributed by atoms with Crippen molar-refractivity contribution in [2.75, 3.05) is 11.9 Å². The van der Waals surface area contributed by atoms with Gasteiger partial charge < -0.3 is 15.2 Å². The molecule has 6 nitrogen and oxygen atoms in total. The number of aliphatic carboxylic acids is 1. The summed E-state index contributed by atoms with van der Waals surface area (Å²) in [6.45, 7) is 2.88. The van der Waals surface area contributed by atoms with E-state index in [1.165, 1.54) is 0 Å². The molecule has 0 aliphatic heterocycles. The zero-order valence-electron chi connectivity index (χ0n) is 11.7. The predicted octanol–water partition coefficient (Wildman–Crippen LogP) is 2.11. The molecule has 1 aromatic heterocycles. The van der Waals surface area contributed by atoms with E-state index in [9.17, 15) is 4.79 Å². The summed E-state index contributed by atoms with van der Waals surface area (Å²) < 4.78 is 5.31. The van der Waals surface area contributed by atoms with E-state index in [0.29, 0.717) is 25.0 Å². The van der Waals surface area contributed by atoms with Crippen molar-refractivity contribution in [2.24, 2.45) is 0 Å². The van der Waals surface area contributed by atoms with Crippen LogP contribution in [-0.2, 0) is 17.8 Å². The molecule has 6 heteroatoms. The minimum absolute atomic E-state index is 0.00229. The van der Waals surface area contributed by atoms with E-state index >= 15 is 0 Å². The second-order valence-electron chi connectivity index (χ2n) is 4.34. The van der Waals surface area contributed by atoms with Gasteiger partial charge in [-0.2, -0.15) is 4.98 Å². The molecular formula is C15H17N3O3. The van der Waals surface area contributed by atoms with Crippen molar-refractivity contribution in [1.82, 2.24) is 9.97 Å². The maximum absolute atomic E-state index is 10.9. The first kappa shape index (κ1) is 14.8. The number of carbonyl (C=O) groups is 1. The molecule has 0 atom stereocenters. The lowest BCUT2D eigenvalue weighted by Gasteiger charge is -2.10. The number of rotatable bonds is 7. The fraction of sp³-hybridized carbons (Fsp3) is 0.267. The van der Waals surface area contributed by atoms with Gasteiger partial charge in [-0.1, -0.05) is 24.3 Å². The third-order valence-corrected chi connectivity index (χ3v) is 2.82. The van der Waals surface area contributed by atoms with Crippen molar-refractivity contribution in [1.29, 1.82) is 0 Å². The molecule has 0 saturated carbocycles. The van der Waals surface area contributed by atoms with Gasteiger partial charge in [0.25, 0.3) is 0 Å². The molecule has 1 heterocycles. The summed E-state index contributed by atoms with van der Waals surface area (Å²) >= 11 is 0. The number of anilines is 1. The predicted molar refractivity (Wildman–Crippen MR) is 78.3 cm³/mol. The Balaban J connectivity index is 2.06. The molecule has 110 valence electrons. The topological polar surface area (TPSA) is 84.3 Å². The van der Waals surface area contributed by atoms with Gasteiger partial charge >= 0.3 is 5.97 Å². The molecule has 0 aliphatic rings. The van der Waals surface area contributed by atoms with Crippen molar-refractivity contribution in [3.05, 3.63) is 47.7 Å². The van der Waals surface area contributed by atoms with Gasteiger partial charge in [-0.05, 0) is 18.1 Å². The summed E-state index contributed by atoms with van der Waals surface area (Å²) in [6, 6.07) is 9.08. The van der Waals surface area contributed by atoms with Crippen LogP contribution in [0.4, 0.5) is 5.95 Å². The van der Waals surface area contributed by atoms with E-state index in [4.69, 9.17) is 9.84 Å². The molecule has 21 heavy (non-hydrogen) atoms. The van der Waals surface area contributed by atoms with Gasteiger partial charge in [0, 0.05) is 18.8 Å². The first-order valence-electron chi connectivity index (χ1n) is 6.67. The van der Waals surface area contributed by atoms with Gasteiger partial charge in [-0.15, -0.1) is 0 Å². The summed E-state index contributed by atoms with van der Waals surface area (Å²) in [5.41, 5.74) is 1.68. The van der Waals surface area contributed by atoms with Crippen molar-refractivity contribution < 1.29 is 14.6 Å². The fourth-order valence-corrected chi connectivity index (χ4v) is 1.90.